The van der Waals surface area contributed by atoms with Crippen molar-refractivity contribution in [3.63, 3.8) is 0 Å². The molecular formula is C10H14N2. The Morgan fingerprint density at radius 1 is 1.58 bits per heavy atom. The number of fused-ring (bicyclic) bond motifs is 1. The van der Waals surface area contributed by atoms with Crippen LogP contribution in [0.25, 0.3) is 0 Å². The second kappa shape index (κ2) is 2.77. The van der Waals surface area contributed by atoms with Gasteiger partial charge in [-0.1, -0.05) is 0 Å². The van der Waals surface area contributed by atoms with Gasteiger partial charge in [0.2, 0.25) is 0 Å². The summed E-state index contributed by atoms with van der Waals surface area (Å²) >= 11 is 0. The summed E-state index contributed by atoms with van der Waals surface area (Å²) in [6, 6.07) is 2.77. The Labute approximate surface area is 73.2 Å². The van der Waals surface area contributed by atoms with Crippen LogP contribution in [-0.2, 0) is 6.42 Å². The minimum atomic E-state index is 0.667. The molecule has 0 radical (unpaired) electrons. The third-order valence-corrected chi connectivity index (χ3v) is 2.75. The molecule has 2 rings (SSSR count). The highest BCUT2D eigenvalue weighted by Gasteiger charge is 2.18. The Kier molecular flexibility index (Phi) is 1.75. The molecule has 1 aliphatic heterocycles. The molecule has 0 saturated heterocycles. The third kappa shape index (κ3) is 1.07. The molecule has 12 heavy (non-hydrogen) atoms. The van der Waals surface area contributed by atoms with E-state index in [1.807, 2.05) is 12.4 Å². The first-order valence-corrected chi connectivity index (χ1v) is 4.45. The van der Waals surface area contributed by atoms with Gasteiger partial charge in [0.1, 0.15) is 0 Å². The van der Waals surface area contributed by atoms with Crippen molar-refractivity contribution < 1.29 is 0 Å². The summed E-state index contributed by atoms with van der Waals surface area (Å²) in [5.74, 6) is 0. The predicted octanol–water partition coefficient (Wildman–Crippen LogP) is 1.85. The van der Waals surface area contributed by atoms with Gasteiger partial charge in [0, 0.05) is 31.2 Å². The first kappa shape index (κ1) is 7.59. The van der Waals surface area contributed by atoms with Gasteiger partial charge in [-0.3, -0.25) is 4.98 Å². The van der Waals surface area contributed by atoms with E-state index in [0.717, 1.165) is 0 Å². The van der Waals surface area contributed by atoms with Crippen molar-refractivity contribution in [2.75, 3.05) is 11.9 Å². The van der Waals surface area contributed by atoms with Crippen LogP contribution in [0.2, 0.25) is 0 Å². The monoisotopic (exact) mass is 162 g/mol. The Bertz CT molecular complexity index is 283. The number of aryl methyl sites for hydroxylation is 1. The number of aromatic nitrogens is 1. The second-order valence-corrected chi connectivity index (χ2v) is 3.50. The molecule has 0 saturated carbocycles. The minimum Gasteiger partial charge on any atom is -0.372 e. The Hall–Kier alpha value is -1.05. The molecule has 2 nitrogen and oxygen atoms in total. The van der Waals surface area contributed by atoms with Gasteiger partial charge in [0.25, 0.3) is 0 Å². The molecule has 0 N–H and O–H groups in total. The van der Waals surface area contributed by atoms with Crippen LogP contribution in [0.15, 0.2) is 18.5 Å². The molecule has 0 fully saturated rings. The van der Waals surface area contributed by atoms with Crippen molar-refractivity contribution in [3.05, 3.63) is 24.0 Å². The first-order valence-electron chi connectivity index (χ1n) is 4.45. The normalized spacial score (nSPS) is 22.2. The highest BCUT2D eigenvalue weighted by Crippen LogP contribution is 2.27. The van der Waals surface area contributed by atoms with Crippen LogP contribution in [-0.4, -0.2) is 18.1 Å². The number of anilines is 1. The summed E-state index contributed by atoms with van der Waals surface area (Å²) in [6.45, 7) is 2.27. The lowest BCUT2D eigenvalue weighted by Crippen LogP contribution is -2.33. The zero-order valence-corrected chi connectivity index (χ0v) is 7.62. The van der Waals surface area contributed by atoms with E-state index in [0.29, 0.717) is 6.04 Å². The third-order valence-electron chi connectivity index (χ3n) is 2.75. The average Bonchev–Trinajstić information content (AvgIpc) is 2.12. The lowest BCUT2D eigenvalue weighted by Gasteiger charge is -2.33. The lowest BCUT2D eigenvalue weighted by atomic mass is 9.99. The Balaban J connectivity index is 2.42. The van der Waals surface area contributed by atoms with Gasteiger partial charge in [-0.05, 0) is 31.4 Å². The molecule has 1 aromatic heterocycles. The molecule has 0 spiro atoms. The first-order chi connectivity index (χ1) is 5.79. The zero-order valence-electron chi connectivity index (χ0n) is 7.62. The number of rotatable bonds is 0. The fraction of sp³-hybridized carbons (Fsp3) is 0.500. The predicted molar refractivity (Wildman–Crippen MR) is 50.4 cm³/mol. The summed E-state index contributed by atoms with van der Waals surface area (Å²) in [4.78, 5) is 6.46. The van der Waals surface area contributed by atoms with E-state index in [1.165, 1.54) is 24.1 Å². The van der Waals surface area contributed by atoms with Crippen LogP contribution in [0.4, 0.5) is 5.69 Å². The van der Waals surface area contributed by atoms with Crippen LogP contribution in [0.1, 0.15) is 18.9 Å². The van der Waals surface area contributed by atoms with Crippen molar-refractivity contribution in [1.29, 1.82) is 0 Å². The van der Waals surface area contributed by atoms with Crippen LogP contribution < -0.4 is 4.90 Å². The highest BCUT2D eigenvalue weighted by atomic mass is 15.1. The maximum absolute atomic E-state index is 4.13. The van der Waals surface area contributed by atoms with E-state index < -0.39 is 0 Å². The number of nitrogens with zero attached hydrogens (tertiary/aromatic N) is 2. The van der Waals surface area contributed by atoms with Gasteiger partial charge in [-0.25, -0.2) is 0 Å². The van der Waals surface area contributed by atoms with Crippen LogP contribution in [0.5, 0.6) is 0 Å². The molecule has 1 unspecified atom stereocenters. The van der Waals surface area contributed by atoms with Crippen molar-refractivity contribution >= 4 is 5.69 Å². The zero-order chi connectivity index (χ0) is 8.55. The van der Waals surface area contributed by atoms with Gasteiger partial charge in [0.15, 0.2) is 0 Å². The fourth-order valence-electron chi connectivity index (χ4n) is 1.75. The van der Waals surface area contributed by atoms with Gasteiger partial charge >= 0.3 is 0 Å². The molecular weight excluding hydrogens is 148 g/mol. The highest BCUT2D eigenvalue weighted by molar-refractivity contribution is 5.54. The maximum atomic E-state index is 4.13. The largest absolute Gasteiger partial charge is 0.372 e. The summed E-state index contributed by atoms with van der Waals surface area (Å²) in [7, 11) is 2.16. The quantitative estimate of drug-likeness (QED) is 0.578. The van der Waals surface area contributed by atoms with E-state index in [2.05, 4.69) is 29.9 Å². The van der Waals surface area contributed by atoms with Crippen LogP contribution in [0, 0.1) is 0 Å². The molecule has 0 aromatic carbocycles. The van der Waals surface area contributed by atoms with Crippen LogP contribution >= 0.6 is 0 Å². The topological polar surface area (TPSA) is 16.1 Å². The summed E-state index contributed by atoms with van der Waals surface area (Å²) < 4.78 is 0. The summed E-state index contributed by atoms with van der Waals surface area (Å²) in [5.41, 5.74) is 2.74. The number of hydrogen-bond acceptors (Lipinski definition) is 2. The van der Waals surface area contributed by atoms with Crippen molar-refractivity contribution in [2.45, 2.75) is 25.8 Å². The summed E-state index contributed by atoms with van der Waals surface area (Å²) in [5, 5.41) is 0. The number of hydrogen-bond donors (Lipinski definition) is 0. The smallest absolute Gasteiger partial charge is 0.0429 e. The van der Waals surface area contributed by atoms with Gasteiger partial charge < -0.3 is 4.90 Å². The van der Waals surface area contributed by atoms with E-state index in [1.54, 1.807) is 0 Å². The maximum Gasteiger partial charge on any atom is 0.0429 e. The molecule has 0 amide bonds. The molecule has 64 valence electrons. The summed E-state index contributed by atoms with van der Waals surface area (Å²) in [6.07, 6.45) is 6.27. The standard InChI is InChI=1S/C10H14N2/c1-8-3-4-9-7-11-6-5-10(9)12(8)2/h5-8H,3-4H2,1-2H3. The molecule has 1 aliphatic rings. The minimum absolute atomic E-state index is 0.667. The molecule has 1 atom stereocenters. The van der Waals surface area contributed by atoms with E-state index >= 15 is 0 Å². The average molecular weight is 162 g/mol. The Morgan fingerprint density at radius 3 is 3.25 bits per heavy atom. The van der Waals surface area contributed by atoms with E-state index in [4.69, 9.17) is 0 Å². The number of pyridine rings is 1. The van der Waals surface area contributed by atoms with Crippen molar-refractivity contribution in [3.8, 4) is 0 Å². The molecule has 0 bridgehead atoms. The molecule has 0 aliphatic carbocycles. The second-order valence-electron chi connectivity index (χ2n) is 3.50. The van der Waals surface area contributed by atoms with Crippen molar-refractivity contribution in [2.24, 2.45) is 0 Å². The molecule has 1 aromatic rings. The molecule has 2 heteroatoms. The molecule has 2 heterocycles. The fourth-order valence-corrected chi connectivity index (χ4v) is 1.75. The van der Waals surface area contributed by atoms with Crippen LogP contribution in [0.3, 0.4) is 0 Å². The Morgan fingerprint density at radius 2 is 2.42 bits per heavy atom. The van der Waals surface area contributed by atoms with E-state index in [9.17, 15) is 0 Å². The van der Waals surface area contributed by atoms with Gasteiger partial charge in [0.05, 0.1) is 0 Å². The van der Waals surface area contributed by atoms with Gasteiger partial charge in [-0.15, -0.1) is 0 Å². The lowest BCUT2D eigenvalue weighted by molar-refractivity contribution is 0.597. The van der Waals surface area contributed by atoms with Crippen molar-refractivity contribution in [1.82, 2.24) is 4.98 Å². The SMILES string of the molecule is CC1CCc2cnccc2N1C. The van der Waals surface area contributed by atoms with E-state index in [-0.39, 0.29) is 0 Å². The van der Waals surface area contributed by atoms with Gasteiger partial charge in [-0.2, -0.15) is 0 Å².